The van der Waals surface area contributed by atoms with Gasteiger partial charge in [0.25, 0.3) is 0 Å². The number of anilines is 1. The van der Waals surface area contributed by atoms with Crippen LogP contribution in [0.25, 0.3) is 0 Å². The fraction of sp³-hybridized carbons (Fsp3) is 0.579. The van der Waals surface area contributed by atoms with Crippen molar-refractivity contribution < 1.29 is 29.0 Å². The molecule has 270 valence electrons. The molecule has 0 saturated carbocycles. The van der Waals surface area contributed by atoms with Crippen LogP contribution < -0.4 is 10.1 Å². The number of hydrogen-bond donors (Lipinski definition) is 2. The average molecular weight is 689 g/mol. The molecule has 0 radical (unpaired) electrons. The van der Waals surface area contributed by atoms with Crippen LogP contribution >= 0.6 is 0 Å². The Bertz CT molecular complexity index is 1540. The number of piperidine rings is 2. The van der Waals surface area contributed by atoms with Crippen molar-refractivity contribution in [2.45, 2.75) is 71.0 Å². The van der Waals surface area contributed by atoms with Crippen molar-refractivity contribution in [3.05, 3.63) is 58.7 Å². The Kier molecular flexibility index (Phi) is 11.3. The number of methoxy groups -OCH3 is 1. The first-order valence-corrected chi connectivity index (χ1v) is 18.1. The molecular formula is C38H52N6O6. The summed E-state index contributed by atoms with van der Waals surface area (Å²) in [5, 5.41) is 12.1. The molecule has 1 atom stereocenters. The topological polar surface area (TPSA) is 126 Å². The number of benzene rings is 2. The predicted molar refractivity (Wildman–Crippen MR) is 190 cm³/mol. The van der Waals surface area contributed by atoms with Crippen LogP contribution in [0.5, 0.6) is 5.75 Å². The van der Waals surface area contributed by atoms with E-state index in [1.165, 1.54) is 0 Å². The van der Waals surface area contributed by atoms with Gasteiger partial charge in [0, 0.05) is 83.1 Å². The number of carbonyl (C=O) groups excluding carboxylic acids is 3. The Morgan fingerprint density at radius 1 is 0.880 bits per heavy atom. The Morgan fingerprint density at radius 3 is 2.14 bits per heavy atom. The molecule has 12 nitrogen and oxygen atoms in total. The summed E-state index contributed by atoms with van der Waals surface area (Å²) in [4.78, 5) is 62.3. The smallest absolute Gasteiger partial charge is 0.322 e. The van der Waals surface area contributed by atoms with Crippen molar-refractivity contribution in [1.82, 2.24) is 24.5 Å². The van der Waals surface area contributed by atoms with E-state index in [0.717, 1.165) is 72.7 Å². The maximum absolute atomic E-state index is 14.2. The number of urea groups is 1. The minimum Gasteiger partial charge on any atom is -0.496 e. The van der Waals surface area contributed by atoms with Gasteiger partial charge in [0.2, 0.25) is 11.8 Å². The number of aryl methyl sites for hydroxylation is 2. The minimum absolute atomic E-state index is 0.00804. The van der Waals surface area contributed by atoms with E-state index in [2.05, 4.69) is 22.3 Å². The molecular weight excluding hydrogens is 636 g/mol. The molecule has 6 rings (SSSR count). The summed E-state index contributed by atoms with van der Waals surface area (Å²) in [5.41, 5.74) is 5.00. The van der Waals surface area contributed by atoms with Crippen LogP contribution in [0.1, 0.15) is 54.4 Å². The molecule has 2 N–H and O–H groups in total. The molecule has 4 aliphatic heterocycles. The lowest BCUT2D eigenvalue weighted by Crippen LogP contribution is -2.55. The third-order valence-electron chi connectivity index (χ3n) is 11.2. The van der Waals surface area contributed by atoms with E-state index in [0.29, 0.717) is 58.0 Å². The summed E-state index contributed by atoms with van der Waals surface area (Å²) in [6, 6.07) is 12.3. The minimum atomic E-state index is -0.791. The summed E-state index contributed by atoms with van der Waals surface area (Å²) >= 11 is 0. The van der Waals surface area contributed by atoms with E-state index in [9.17, 15) is 19.2 Å². The van der Waals surface area contributed by atoms with E-state index in [4.69, 9.17) is 9.84 Å². The summed E-state index contributed by atoms with van der Waals surface area (Å²) in [5.74, 6) is -0.403. The Hall–Kier alpha value is -4.16. The first-order valence-electron chi connectivity index (χ1n) is 18.1. The lowest BCUT2D eigenvalue weighted by molar-refractivity contribution is -0.143. The fourth-order valence-corrected chi connectivity index (χ4v) is 8.48. The van der Waals surface area contributed by atoms with Gasteiger partial charge in [-0.2, -0.15) is 0 Å². The van der Waals surface area contributed by atoms with E-state index in [1.54, 1.807) is 7.11 Å². The molecule has 0 unspecified atom stereocenters. The monoisotopic (exact) mass is 688 g/mol. The van der Waals surface area contributed by atoms with Gasteiger partial charge in [-0.15, -0.1) is 0 Å². The molecule has 0 aliphatic carbocycles. The highest BCUT2D eigenvalue weighted by Crippen LogP contribution is 2.30. The van der Waals surface area contributed by atoms with Crippen LogP contribution in [-0.4, -0.2) is 132 Å². The van der Waals surface area contributed by atoms with Crippen molar-refractivity contribution in [3.63, 3.8) is 0 Å². The molecule has 12 heteroatoms. The number of aliphatic carboxylic acids is 1. The number of hydrogen-bond acceptors (Lipinski definition) is 7. The molecule has 3 fully saturated rings. The predicted octanol–water partition coefficient (Wildman–Crippen LogP) is 3.59. The summed E-state index contributed by atoms with van der Waals surface area (Å²) < 4.78 is 5.58. The summed E-state index contributed by atoms with van der Waals surface area (Å²) in [7, 11) is 1.67. The SMILES string of the molecule is COc1c(C)cc(C[C@H](CC(=O)N2CCC(N3Cc4ccccc4NC3=O)CC2)C(=O)N2CCC(N3CCN(CC(=O)O)CC3)CC2)cc1C. The van der Waals surface area contributed by atoms with Crippen molar-refractivity contribution in [1.29, 1.82) is 0 Å². The quantitative estimate of drug-likeness (QED) is 0.388. The number of amides is 4. The molecule has 0 aromatic heterocycles. The molecule has 2 aromatic carbocycles. The van der Waals surface area contributed by atoms with Gasteiger partial charge in [-0.1, -0.05) is 30.3 Å². The second kappa shape index (κ2) is 15.8. The van der Waals surface area contributed by atoms with Crippen LogP contribution in [0.4, 0.5) is 10.5 Å². The normalized spacial score (nSPS) is 20.3. The van der Waals surface area contributed by atoms with E-state index >= 15 is 0 Å². The number of carbonyl (C=O) groups is 4. The van der Waals surface area contributed by atoms with Crippen LogP contribution in [0, 0.1) is 19.8 Å². The largest absolute Gasteiger partial charge is 0.496 e. The first kappa shape index (κ1) is 35.7. The lowest BCUT2D eigenvalue weighted by atomic mass is 9.90. The second-order valence-electron chi connectivity index (χ2n) is 14.5. The fourth-order valence-electron chi connectivity index (χ4n) is 8.48. The highest BCUT2D eigenvalue weighted by atomic mass is 16.5. The molecule has 0 spiro atoms. The van der Waals surface area contributed by atoms with Crippen LogP contribution in [0.2, 0.25) is 0 Å². The molecule has 2 aromatic rings. The highest BCUT2D eigenvalue weighted by molar-refractivity contribution is 5.92. The molecule has 3 saturated heterocycles. The van der Waals surface area contributed by atoms with Crippen molar-refractivity contribution in [2.24, 2.45) is 5.92 Å². The zero-order valence-corrected chi connectivity index (χ0v) is 29.7. The number of fused-ring (bicyclic) bond motifs is 1. The zero-order chi connectivity index (χ0) is 35.4. The summed E-state index contributed by atoms with van der Waals surface area (Å²) in [6.07, 6.45) is 3.77. The molecule has 4 heterocycles. The van der Waals surface area contributed by atoms with Gasteiger partial charge < -0.3 is 29.9 Å². The van der Waals surface area contributed by atoms with Gasteiger partial charge in [0.1, 0.15) is 5.75 Å². The van der Waals surface area contributed by atoms with Crippen molar-refractivity contribution in [2.75, 3.05) is 71.3 Å². The first-order chi connectivity index (χ1) is 24.1. The van der Waals surface area contributed by atoms with Gasteiger partial charge in [-0.3, -0.25) is 24.2 Å². The molecule has 0 bridgehead atoms. The highest BCUT2D eigenvalue weighted by Gasteiger charge is 2.36. The van der Waals surface area contributed by atoms with Gasteiger partial charge >= 0.3 is 12.0 Å². The number of carboxylic acid groups (broad SMARTS) is 1. The lowest BCUT2D eigenvalue weighted by Gasteiger charge is -2.43. The van der Waals surface area contributed by atoms with E-state index < -0.39 is 11.9 Å². The second-order valence-corrected chi connectivity index (χ2v) is 14.5. The third-order valence-corrected chi connectivity index (χ3v) is 11.2. The Labute approximate surface area is 295 Å². The van der Waals surface area contributed by atoms with Crippen molar-refractivity contribution >= 4 is 29.5 Å². The zero-order valence-electron chi connectivity index (χ0n) is 29.7. The number of rotatable bonds is 10. The van der Waals surface area contributed by atoms with Crippen LogP contribution in [0.15, 0.2) is 36.4 Å². The number of para-hydroxylation sites is 1. The number of likely N-dealkylation sites (tertiary alicyclic amines) is 2. The van der Waals surface area contributed by atoms with Crippen LogP contribution in [0.3, 0.4) is 0 Å². The van der Waals surface area contributed by atoms with Gasteiger partial charge in [0.15, 0.2) is 0 Å². The standard InChI is InChI=1S/C38H52N6O6/c1-26-20-28(21-27(2)36(26)50-3)22-30(37(48)43-14-8-31(9-15-43)41-18-16-40(17-19-41)25-35(46)47)23-34(45)42-12-10-32(11-13-42)44-24-29-6-4-5-7-33(29)39-38(44)49/h4-7,20-21,30-32H,8-19,22-25H2,1-3H3,(H,39,49)(H,46,47)/t30-/m1/s1. The Morgan fingerprint density at radius 2 is 1.50 bits per heavy atom. The number of piperazine rings is 1. The maximum Gasteiger partial charge on any atom is 0.322 e. The van der Waals surface area contributed by atoms with Crippen LogP contribution in [-0.2, 0) is 27.3 Å². The molecule has 4 amide bonds. The van der Waals surface area contributed by atoms with Gasteiger partial charge in [-0.25, -0.2) is 4.79 Å². The number of carboxylic acids is 1. The Balaban J connectivity index is 1.08. The van der Waals surface area contributed by atoms with E-state index in [1.807, 2.05) is 57.7 Å². The van der Waals surface area contributed by atoms with E-state index in [-0.39, 0.29) is 36.9 Å². The summed E-state index contributed by atoms with van der Waals surface area (Å²) in [6.45, 7) is 10.2. The number of nitrogens with zero attached hydrogens (tertiary/aromatic N) is 5. The number of ether oxygens (including phenoxy) is 1. The van der Waals surface area contributed by atoms with Gasteiger partial charge in [-0.05, 0) is 74.3 Å². The maximum atomic E-state index is 14.2. The van der Waals surface area contributed by atoms with Crippen molar-refractivity contribution in [3.8, 4) is 5.75 Å². The third kappa shape index (κ3) is 8.24. The molecule has 4 aliphatic rings. The number of nitrogens with one attached hydrogen (secondary N) is 1. The van der Waals surface area contributed by atoms with Gasteiger partial charge in [0.05, 0.1) is 19.6 Å². The average Bonchev–Trinajstić information content (AvgIpc) is 3.11. The molecule has 50 heavy (non-hydrogen) atoms.